The maximum atomic E-state index is 5.71. The fourth-order valence-corrected chi connectivity index (χ4v) is 1.86. The van der Waals surface area contributed by atoms with Gasteiger partial charge in [0.25, 0.3) is 0 Å². The topological polar surface area (TPSA) is 34.1 Å². The van der Waals surface area contributed by atoms with Crippen molar-refractivity contribution in [3.05, 3.63) is 23.4 Å². The van der Waals surface area contributed by atoms with Gasteiger partial charge >= 0.3 is 0 Å². The van der Waals surface area contributed by atoms with E-state index >= 15 is 0 Å². The molecule has 0 saturated heterocycles. The Kier molecular flexibility index (Phi) is 6.47. The summed E-state index contributed by atoms with van der Waals surface area (Å²) >= 11 is 0. The maximum Gasteiger partial charge on any atom is 0.213 e. The van der Waals surface area contributed by atoms with E-state index in [1.165, 1.54) is 12.0 Å². The molecule has 3 heteroatoms. The number of rotatable bonds is 7. The van der Waals surface area contributed by atoms with Crippen LogP contribution in [0.2, 0.25) is 0 Å². The molecule has 0 radical (unpaired) electrons. The van der Waals surface area contributed by atoms with Gasteiger partial charge in [-0.15, -0.1) is 0 Å². The van der Waals surface area contributed by atoms with Crippen molar-refractivity contribution < 1.29 is 4.74 Å². The number of nitrogens with zero attached hydrogens (tertiary/aromatic N) is 1. The number of hydrogen-bond acceptors (Lipinski definition) is 3. The van der Waals surface area contributed by atoms with Crippen molar-refractivity contribution in [3.63, 3.8) is 0 Å². The van der Waals surface area contributed by atoms with Crippen LogP contribution in [-0.4, -0.2) is 17.1 Å². The van der Waals surface area contributed by atoms with Gasteiger partial charge in [-0.2, -0.15) is 0 Å². The van der Waals surface area contributed by atoms with Crippen molar-refractivity contribution in [1.82, 2.24) is 10.3 Å². The van der Waals surface area contributed by atoms with E-state index in [9.17, 15) is 0 Å². The molecule has 20 heavy (non-hydrogen) atoms. The second-order valence-corrected chi connectivity index (χ2v) is 6.88. The molecule has 0 atom stereocenters. The lowest BCUT2D eigenvalue weighted by Crippen LogP contribution is -2.35. The molecule has 0 aliphatic heterocycles. The van der Waals surface area contributed by atoms with Gasteiger partial charge in [-0.05, 0) is 52.0 Å². The SMILES string of the molecule is Cc1nc(OCCCC(C)C)ccc1CNC(C)(C)C. The zero-order chi connectivity index (χ0) is 15.2. The van der Waals surface area contributed by atoms with E-state index in [-0.39, 0.29) is 5.54 Å². The molecule has 0 fully saturated rings. The number of aromatic nitrogens is 1. The van der Waals surface area contributed by atoms with Crippen LogP contribution in [0.25, 0.3) is 0 Å². The van der Waals surface area contributed by atoms with Crippen LogP contribution in [0.4, 0.5) is 0 Å². The summed E-state index contributed by atoms with van der Waals surface area (Å²) in [5.74, 6) is 1.48. The average Bonchev–Trinajstić information content (AvgIpc) is 2.32. The normalized spacial score (nSPS) is 11.9. The Hall–Kier alpha value is -1.09. The fourth-order valence-electron chi connectivity index (χ4n) is 1.86. The van der Waals surface area contributed by atoms with Crippen molar-refractivity contribution >= 4 is 0 Å². The molecular weight excluding hydrogens is 248 g/mol. The lowest BCUT2D eigenvalue weighted by Gasteiger charge is -2.21. The highest BCUT2D eigenvalue weighted by Gasteiger charge is 2.10. The Bertz CT molecular complexity index is 408. The monoisotopic (exact) mass is 278 g/mol. The van der Waals surface area contributed by atoms with Crippen LogP contribution in [0.15, 0.2) is 12.1 Å². The highest BCUT2D eigenvalue weighted by atomic mass is 16.5. The van der Waals surface area contributed by atoms with Crippen LogP contribution in [-0.2, 0) is 6.54 Å². The van der Waals surface area contributed by atoms with Crippen LogP contribution in [0.5, 0.6) is 5.88 Å². The van der Waals surface area contributed by atoms with E-state index in [0.29, 0.717) is 0 Å². The zero-order valence-corrected chi connectivity index (χ0v) is 13.9. The molecule has 1 N–H and O–H groups in total. The standard InChI is InChI=1S/C17H30N2O/c1-13(2)8-7-11-20-16-10-9-15(14(3)19-16)12-18-17(4,5)6/h9-10,13,18H,7-8,11-12H2,1-6H3. The molecule has 0 aliphatic rings. The highest BCUT2D eigenvalue weighted by molar-refractivity contribution is 5.25. The smallest absolute Gasteiger partial charge is 0.213 e. The number of nitrogens with one attached hydrogen (secondary N) is 1. The molecule has 0 spiro atoms. The van der Waals surface area contributed by atoms with Gasteiger partial charge < -0.3 is 10.1 Å². The van der Waals surface area contributed by atoms with Gasteiger partial charge in [0.2, 0.25) is 5.88 Å². The van der Waals surface area contributed by atoms with Crippen LogP contribution in [0, 0.1) is 12.8 Å². The average molecular weight is 278 g/mol. The molecule has 1 rings (SSSR count). The Balaban J connectivity index is 2.46. The summed E-state index contributed by atoms with van der Waals surface area (Å²) in [6, 6.07) is 4.08. The molecule has 0 saturated carbocycles. The summed E-state index contributed by atoms with van der Waals surface area (Å²) in [6.07, 6.45) is 2.29. The minimum atomic E-state index is 0.123. The van der Waals surface area contributed by atoms with Crippen LogP contribution < -0.4 is 10.1 Å². The van der Waals surface area contributed by atoms with E-state index in [1.54, 1.807) is 0 Å². The van der Waals surface area contributed by atoms with Crippen LogP contribution in [0.3, 0.4) is 0 Å². The Morgan fingerprint density at radius 2 is 1.95 bits per heavy atom. The molecule has 0 aliphatic carbocycles. The first kappa shape index (κ1) is 17.0. The predicted octanol–water partition coefficient (Wildman–Crippen LogP) is 4.09. The third-order valence-corrected chi connectivity index (χ3v) is 3.15. The summed E-state index contributed by atoms with van der Waals surface area (Å²) in [4.78, 5) is 4.53. The number of pyridine rings is 1. The van der Waals surface area contributed by atoms with Gasteiger partial charge in [0.15, 0.2) is 0 Å². The Labute approximate surface area is 124 Å². The molecule has 1 aromatic rings. The van der Waals surface area contributed by atoms with Gasteiger partial charge in [-0.1, -0.05) is 19.9 Å². The van der Waals surface area contributed by atoms with E-state index in [1.807, 2.05) is 13.0 Å². The van der Waals surface area contributed by atoms with Gasteiger partial charge in [-0.25, -0.2) is 4.98 Å². The number of aryl methyl sites for hydroxylation is 1. The molecule has 0 bridgehead atoms. The van der Waals surface area contributed by atoms with Crippen molar-refractivity contribution in [2.45, 2.75) is 66.5 Å². The summed E-state index contributed by atoms with van der Waals surface area (Å²) in [7, 11) is 0. The highest BCUT2D eigenvalue weighted by Crippen LogP contribution is 2.14. The quantitative estimate of drug-likeness (QED) is 0.763. The van der Waals surface area contributed by atoms with Gasteiger partial charge in [0, 0.05) is 23.8 Å². The summed E-state index contributed by atoms with van der Waals surface area (Å²) in [5, 5.41) is 3.48. The summed E-state index contributed by atoms with van der Waals surface area (Å²) < 4.78 is 5.71. The minimum absolute atomic E-state index is 0.123. The third-order valence-electron chi connectivity index (χ3n) is 3.15. The fraction of sp³-hybridized carbons (Fsp3) is 0.706. The van der Waals surface area contributed by atoms with Crippen LogP contribution >= 0.6 is 0 Å². The molecular formula is C17H30N2O. The Morgan fingerprint density at radius 3 is 2.50 bits per heavy atom. The molecule has 114 valence electrons. The maximum absolute atomic E-state index is 5.71. The van der Waals surface area contributed by atoms with Crippen molar-refractivity contribution in [2.75, 3.05) is 6.61 Å². The second-order valence-electron chi connectivity index (χ2n) is 6.88. The number of hydrogen-bond donors (Lipinski definition) is 1. The Morgan fingerprint density at radius 1 is 1.25 bits per heavy atom. The summed E-state index contributed by atoms with van der Waals surface area (Å²) in [6.45, 7) is 14.6. The van der Waals surface area contributed by atoms with Gasteiger partial charge in [0.1, 0.15) is 0 Å². The first-order valence-corrected chi connectivity index (χ1v) is 7.62. The number of ether oxygens (including phenoxy) is 1. The molecule has 0 aromatic carbocycles. The lowest BCUT2D eigenvalue weighted by atomic mass is 10.1. The van der Waals surface area contributed by atoms with E-state index in [0.717, 1.165) is 37.1 Å². The first-order valence-electron chi connectivity index (χ1n) is 7.62. The van der Waals surface area contributed by atoms with Crippen molar-refractivity contribution in [3.8, 4) is 5.88 Å². The first-order chi connectivity index (χ1) is 9.28. The molecule has 0 amide bonds. The largest absolute Gasteiger partial charge is 0.478 e. The minimum Gasteiger partial charge on any atom is -0.478 e. The van der Waals surface area contributed by atoms with Crippen LogP contribution in [0.1, 0.15) is 58.7 Å². The molecule has 1 aromatic heterocycles. The third kappa shape index (κ3) is 6.90. The van der Waals surface area contributed by atoms with Crippen molar-refractivity contribution in [2.24, 2.45) is 5.92 Å². The summed E-state index contributed by atoms with van der Waals surface area (Å²) in [5.41, 5.74) is 2.40. The van der Waals surface area contributed by atoms with E-state index in [2.05, 4.69) is 51.0 Å². The molecule has 1 heterocycles. The van der Waals surface area contributed by atoms with Gasteiger partial charge in [0.05, 0.1) is 6.61 Å². The van der Waals surface area contributed by atoms with Crippen molar-refractivity contribution in [1.29, 1.82) is 0 Å². The lowest BCUT2D eigenvalue weighted by molar-refractivity contribution is 0.286. The predicted molar refractivity (Wildman–Crippen MR) is 85.1 cm³/mol. The molecule has 0 unspecified atom stereocenters. The van der Waals surface area contributed by atoms with E-state index in [4.69, 9.17) is 4.74 Å². The van der Waals surface area contributed by atoms with Gasteiger partial charge in [-0.3, -0.25) is 0 Å². The van der Waals surface area contributed by atoms with E-state index < -0.39 is 0 Å². The second kappa shape index (κ2) is 7.63. The zero-order valence-electron chi connectivity index (χ0n) is 13.9. The molecule has 3 nitrogen and oxygen atoms in total.